The maximum atomic E-state index is 11.7. The predicted octanol–water partition coefficient (Wildman–Crippen LogP) is 1.37. The molecular formula is C14H20N2O2. The lowest BCUT2D eigenvalue weighted by Crippen LogP contribution is -2.47. The highest BCUT2D eigenvalue weighted by atomic mass is 16.5. The van der Waals surface area contributed by atoms with Gasteiger partial charge in [-0.3, -0.25) is 4.79 Å². The number of aryl methyl sites for hydroxylation is 1. The number of ether oxygens (including phenoxy) is 1. The van der Waals surface area contributed by atoms with Crippen molar-refractivity contribution in [2.24, 2.45) is 5.73 Å². The van der Waals surface area contributed by atoms with Gasteiger partial charge < -0.3 is 15.8 Å². The second-order valence-corrected chi connectivity index (χ2v) is 5.15. The molecule has 0 heterocycles. The lowest BCUT2D eigenvalue weighted by atomic mass is 10.2. The van der Waals surface area contributed by atoms with Gasteiger partial charge in [0.25, 0.3) is 0 Å². The fourth-order valence-corrected chi connectivity index (χ4v) is 1.63. The van der Waals surface area contributed by atoms with Crippen LogP contribution in [0.1, 0.15) is 25.3 Å². The molecule has 4 nitrogen and oxygen atoms in total. The van der Waals surface area contributed by atoms with Crippen molar-refractivity contribution in [3.05, 3.63) is 29.8 Å². The summed E-state index contributed by atoms with van der Waals surface area (Å²) in [7, 11) is 0. The SMILES string of the molecule is Cc1ccc(OCC(C)NC(=O)C2(N)CC2)cc1. The van der Waals surface area contributed by atoms with E-state index in [0.717, 1.165) is 18.6 Å². The van der Waals surface area contributed by atoms with E-state index in [1.54, 1.807) is 0 Å². The molecule has 0 spiro atoms. The molecule has 1 saturated carbocycles. The van der Waals surface area contributed by atoms with Crippen LogP contribution in [0.15, 0.2) is 24.3 Å². The summed E-state index contributed by atoms with van der Waals surface area (Å²) >= 11 is 0. The molecule has 0 bridgehead atoms. The summed E-state index contributed by atoms with van der Waals surface area (Å²) in [6, 6.07) is 7.81. The summed E-state index contributed by atoms with van der Waals surface area (Å²) in [5.74, 6) is 0.748. The molecule has 1 atom stereocenters. The molecule has 1 amide bonds. The fourth-order valence-electron chi connectivity index (χ4n) is 1.63. The molecule has 18 heavy (non-hydrogen) atoms. The van der Waals surface area contributed by atoms with Gasteiger partial charge in [0.2, 0.25) is 5.91 Å². The fraction of sp³-hybridized carbons (Fsp3) is 0.500. The predicted molar refractivity (Wildman–Crippen MR) is 70.4 cm³/mol. The summed E-state index contributed by atoms with van der Waals surface area (Å²) in [5.41, 5.74) is 6.39. The van der Waals surface area contributed by atoms with Gasteiger partial charge in [-0.1, -0.05) is 17.7 Å². The Labute approximate surface area is 108 Å². The van der Waals surface area contributed by atoms with E-state index in [2.05, 4.69) is 5.32 Å². The summed E-state index contributed by atoms with van der Waals surface area (Å²) in [6.45, 7) is 4.39. The summed E-state index contributed by atoms with van der Waals surface area (Å²) in [5, 5.41) is 2.88. The highest BCUT2D eigenvalue weighted by molar-refractivity contribution is 5.89. The van der Waals surface area contributed by atoms with Gasteiger partial charge in [-0.15, -0.1) is 0 Å². The minimum atomic E-state index is -0.613. The lowest BCUT2D eigenvalue weighted by Gasteiger charge is -2.17. The highest BCUT2D eigenvalue weighted by Crippen LogP contribution is 2.32. The average molecular weight is 248 g/mol. The number of carbonyl (C=O) groups is 1. The van der Waals surface area contributed by atoms with Gasteiger partial charge in [0.05, 0.1) is 11.6 Å². The summed E-state index contributed by atoms with van der Waals surface area (Å²) < 4.78 is 5.60. The number of rotatable bonds is 5. The van der Waals surface area contributed by atoms with Crippen molar-refractivity contribution in [1.29, 1.82) is 0 Å². The minimum Gasteiger partial charge on any atom is -0.491 e. The second kappa shape index (κ2) is 4.98. The van der Waals surface area contributed by atoms with E-state index < -0.39 is 5.54 Å². The van der Waals surface area contributed by atoms with Gasteiger partial charge in [-0.25, -0.2) is 0 Å². The van der Waals surface area contributed by atoms with Crippen molar-refractivity contribution in [2.75, 3.05) is 6.61 Å². The molecular weight excluding hydrogens is 228 g/mol. The largest absolute Gasteiger partial charge is 0.491 e. The van der Waals surface area contributed by atoms with Gasteiger partial charge in [0.1, 0.15) is 12.4 Å². The van der Waals surface area contributed by atoms with E-state index in [0.29, 0.717) is 6.61 Å². The third kappa shape index (κ3) is 3.23. The van der Waals surface area contributed by atoms with Crippen LogP contribution >= 0.6 is 0 Å². The Morgan fingerprint density at radius 3 is 2.61 bits per heavy atom. The van der Waals surface area contributed by atoms with Crippen molar-refractivity contribution in [3.63, 3.8) is 0 Å². The summed E-state index contributed by atoms with van der Waals surface area (Å²) in [6.07, 6.45) is 1.56. The number of nitrogens with two attached hydrogens (primary N) is 1. The molecule has 0 saturated heterocycles. The lowest BCUT2D eigenvalue weighted by molar-refractivity contribution is -0.124. The maximum Gasteiger partial charge on any atom is 0.240 e. The molecule has 1 unspecified atom stereocenters. The Balaban J connectivity index is 1.76. The monoisotopic (exact) mass is 248 g/mol. The average Bonchev–Trinajstić information content (AvgIpc) is 3.08. The molecule has 1 aromatic carbocycles. The molecule has 0 aromatic heterocycles. The van der Waals surface area contributed by atoms with Crippen LogP contribution in [0.2, 0.25) is 0 Å². The van der Waals surface area contributed by atoms with E-state index >= 15 is 0 Å². The molecule has 0 radical (unpaired) electrons. The van der Waals surface area contributed by atoms with E-state index in [1.165, 1.54) is 5.56 Å². The number of hydrogen-bond donors (Lipinski definition) is 2. The molecule has 1 fully saturated rings. The number of benzene rings is 1. The normalized spacial score (nSPS) is 17.9. The Kier molecular flexibility index (Phi) is 3.57. The van der Waals surface area contributed by atoms with Gasteiger partial charge in [0.15, 0.2) is 0 Å². The Morgan fingerprint density at radius 1 is 1.44 bits per heavy atom. The number of amides is 1. The van der Waals surface area contributed by atoms with Crippen LogP contribution in [-0.2, 0) is 4.79 Å². The zero-order valence-electron chi connectivity index (χ0n) is 10.9. The first-order valence-electron chi connectivity index (χ1n) is 6.29. The van der Waals surface area contributed by atoms with Gasteiger partial charge in [-0.05, 0) is 38.8 Å². The topological polar surface area (TPSA) is 64.3 Å². The smallest absolute Gasteiger partial charge is 0.240 e. The first kappa shape index (κ1) is 12.9. The van der Waals surface area contributed by atoms with Gasteiger partial charge in [-0.2, -0.15) is 0 Å². The van der Waals surface area contributed by atoms with Crippen LogP contribution in [-0.4, -0.2) is 24.1 Å². The van der Waals surface area contributed by atoms with E-state index in [4.69, 9.17) is 10.5 Å². The molecule has 1 aliphatic carbocycles. The third-order valence-electron chi connectivity index (χ3n) is 3.14. The molecule has 1 aromatic rings. The zero-order valence-corrected chi connectivity index (χ0v) is 10.9. The van der Waals surface area contributed by atoms with E-state index in [9.17, 15) is 4.79 Å². The second-order valence-electron chi connectivity index (χ2n) is 5.15. The Morgan fingerprint density at radius 2 is 2.06 bits per heavy atom. The number of hydrogen-bond acceptors (Lipinski definition) is 3. The Hall–Kier alpha value is -1.55. The van der Waals surface area contributed by atoms with Crippen LogP contribution in [0, 0.1) is 6.92 Å². The standard InChI is InChI=1S/C14H20N2O2/c1-10-3-5-12(6-4-10)18-9-11(2)16-13(17)14(15)7-8-14/h3-6,11H,7-9,15H2,1-2H3,(H,16,17). The quantitative estimate of drug-likeness (QED) is 0.827. The maximum absolute atomic E-state index is 11.7. The van der Waals surface area contributed by atoms with Crippen LogP contribution in [0.25, 0.3) is 0 Å². The van der Waals surface area contributed by atoms with Crippen LogP contribution in [0.5, 0.6) is 5.75 Å². The third-order valence-corrected chi connectivity index (χ3v) is 3.14. The highest BCUT2D eigenvalue weighted by Gasteiger charge is 2.46. The first-order valence-corrected chi connectivity index (χ1v) is 6.29. The van der Waals surface area contributed by atoms with Crippen LogP contribution in [0.3, 0.4) is 0 Å². The van der Waals surface area contributed by atoms with Crippen molar-refractivity contribution < 1.29 is 9.53 Å². The van der Waals surface area contributed by atoms with Crippen molar-refractivity contribution in [3.8, 4) is 5.75 Å². The van der Waals surface area contributed by atoms with Crippen molar-refractivity contribution in [2.45, 2.75) is 38.3 Å². The summed E-state index contributed by atoms with van der Waals surface area (Å²) in [4.78, 5) is 11.7. The molecule has 4 heteroatoms. The van der Waals surface area contributed by atoms with Crippen LogP contribution < -0.4 is 15.8 Å². The molecule has 0 aliphatic heterocycles. The van der Waals surface area contributed by atoms with Crippen molar-refractivity contribution >= 4 is 5.91 Å². The van der Waals surface area contributed by atoms with Gasteiger partial charge >= 0.3 is 0 Å². The molecule has 3 N–H and O–H groups in total. The first-order chi connectivity index (χ1) is 8.49. The molecule has 98 valence electrons. The number of nitrogens with one attached hydrogen (secondary N) is 1. The minimum absolute atomic E-state index is 0.0418. The number of carbonyl (C=O) groups excluding carboxylic acids is 1. The molecule has 1 aliphatic rings. The van der Waals surface area contributed by atoms with E-state index in [-0.39, 0.29) is 11.9 Å². The zero-order chi connectivity index (χ0) is 13.2. The Bertz CT molecular complexity index is 424. The van der Waals surface area contributed by atoms with Crippen LogP contribution in [0.4, 0.5) is 0 Å². The van der Waals surface area contributed by atoms with Crippen molar-refractivity contribution in [1.82, 2.24) is 5.32 Å². The van der Waals surface area contributed by atoms with Gasteiger partial charge in [0, 0.05) is 0 Å². The van der Waals surface area contributed by atoms with E-state index in [1.807, 2.05) is 38.1 Å². The molecule has 2 rings (SSSR count).